The highest BCUT2D eigenvalue weighted by Gasteiger charge is 2.02. The number of carbonyl (C=O) groups excluding carboxylic acids is 1. The van der Waals surface area contributed by atoms with Crippen molar-refractivity contribution >= 4 is 5.97 Å². The lowest BCUT2D eigenvalue weighted by Crippen LogP contribution is -2.01. The van der Waals surface area contributed by atoms with Gasteiger partial charge in [-0.25, -0.2) is 0 Å². The van der Waals surface area contributed by atoms with E-state index >= 15 is 0 Å². The molecule has 3 nitrogen and oxygen atoms in total. The largest absolute Gasteiger partial charge is 0.427 e. The summed E-state index contributed by atoms with van der Waals surface area (Å²) in [4.78, 5) is 15.1. The molecule has 2 rings (SSSR count). The summed E-state index contributed by atoms with van der Waals surface area (Å²) in [7, 11) is 0. The van der Waals surface area contributed by atoms with Gasteiger partial charge < -0.3 is 4.74 Å². The quantitative estimate of drug-likeness (QED) is 0.568. The molecule has 0 aliphatic carbocycles. The van der Waals surface area contributed by atoms with Gasteiger partial charge in [-0.2, -0.15) is 0 Å². The fourth-order valence-corrected chi connectivity index (χ4v) is 1.42. The summed E-state index contributed by atoms with van der Waals surface area (Å²) < 4.78 is 5.01. The van der Waals surface area contributed by atoms with Gasteiger partial charge in [0.05, 0.1) is 5.69 Å². The first-order valence-corrected chi connectivity index (χ1v) is 4.95. The van der Waals surface area contributed by atoms with Crippen molar-refractivity contribution in [1.29, 1.82) is 0 Å². The Hall–Kier alpha value is -2.16. The van der Waals surface area contributed by atoms with Crippen LogP contribution in [-0.2, 0) is 4.79 Å². The van der Waals surface area contributed by atoms with Gasteiger partial charge in [0.15, 0.2) is 0 Å². The fraction of sp³-hybridized carbons (Fsp3) is 0.0769. The minimum absolute atomic E-state index is 0.321. The average Bonchev–Trinajstić information content (AvgIpc) is 2.30. The molecule has 1 aromatic carbocycles. The number of rotatable bonds is 2. The number of ether oxygens (including phenoxy) is 1. The molecule has 0 saturated carbocycles. The smallest absolute Gasteiger partial charge is 0.308 e. The van der Waals surface area contributed by atoms with Gasteiger partial charge in [-0.05, 0) is 24.3 Å². The van der Waals surface area contributed by atoms with E-state index in [1.165, 1.54) is 6.92 Å². The van der Waals surface area contributed by atoms with Gasteiger partial charge in [-0.1, -0.05) is 18.2 Å². The molecule has 3 heteroatoms. The number of aromatic nitrogens is 1. The molecular weight excluding hydrogens is 202 g/mol. The maximum atomic E-state index is 10.8. The highest BCUT2D eigenvalue weighted by Crippen LogP contribution is 2.21. The van der Waals surface area contributed by atoms with E-state index in [-0.39, 0.29) is 5.97 Å². The van der Waals surface area contributed by atoms with E-state index in [0.29, 0.717) is 5.75 Å². The highest BCUT2D eigenvalue weighted by atomic mass is 16.5. The third kappa shape index (κ3) is 2.45. The van der Waals surface area contributed by atoms with Crippen molar-refractivity contribution < 1.29 is 9.53 Å². The topological polar surface area (TPSA) is 39.2 Å². The van der Waals surface area contributed by atoms with Gasteiger partial charge in [0.25, 0.3) is 0 Å². The summed E-state index contributed by atoms with van der Waals surface area (Å²) in [5.74, 6) is 0.217. The molecule has 0 atom stereocenters. The van der Waals surface area contributed by atoms with Crippen LogP contribution in [0, 0.1) is 0 Å². The number of hydrogen-bond acceptors (Lipinski definition) is 3. The number of esters is 1. The zero-order valence-corrected chi connectivity index (χ0v) is 8.88. The van der Waals surface area contributed by atoms with E-state index in [4.69, 9.17) is 4.74 Å². The van der Waals surface area contributed by atoms with Gasteiger partial charge in [-0.15, -0.1) is 0 Å². The van der Waals surface area contributed by atoms with Crippen LogP contribution in [-0.4, -0.2) is 11.0 Å². The first-order chi connectivity index (χ1) is 7.75. The molecule has 0 amide bonds. The van der Waals surface area contributed by atoms with Crippen molar-refractivity contribution in [2.75, 3.05) is 0 Å². The molecule has 0 radical (unpaired) electrons. The van der Waals surface area contributed by atoms with Crippen LogP contribution in [0.4, 0.5) is 0 Å². The maximum absolute atomic E-state index is 10.8. The molecule has 0 saturated heterocycles. The lowest BCUT2D eigenvalue weighted by molar-refractivity contribution is -0.131. The Bertz CT molecular complexity index is 494. The Morgan fingerprint density at radius 3 is 2.75 bits per heavy atom. The number of benzene rings is 1. The zero-order valence-electron chi connectivity index (χ0n) is 8.88. The van der Waals surface area contributed by atoms with Crippen molar-refractivity contribution in [1.82, 2.24) is 4.98 Å². The highest BCUT2D eigenvalue weighted by molar-refractivity contribution is 5.70. The second-order valence-corrected chi connectivity index (χ2v) is 3.34. The molecule has 0 aliphatic rings. The monoisotopic (exact) mass is 213 g/mol. The van der Waals surface area contributed by atoms with Gasteiger partial charge in [0.1, 0.15) is 5.75 Å². The second-order valence-electron chi connectivity index (χ2n) is 3.34. The Morgan fingerprint density at radius 2 is 2.06 bits per heavy atom. The number of pyridine rings is 1. The Labute approximate surface area is 93.7 Å². The summed E-state index contributed by atoms with van der Waals surface area (Å²) >= 11 is 0. The normalized spacial score (nSPS) is 9.81. The van der Waals surface area contributed by atoms with Crippen molar-refractivity contribution in [3.8, 4) is 17.0 Å². The van der Waals surface area contributed by atoms with E-state index in [1.54, 1.807) is 18.3 Å². The van der Waals surface area contributed by atoms with Crippen molar-refractivity contribution in [2.45, 2.75) is 6.92 Å². The number of hydrogen-bond donors (Lipinski definition) is 0. The maximum Gasteiger partial charge on any atom is 0.308 e. The van der Waals surface area contributed by atoms with E-state index < -0.39 is 0 Å². The molecule has 0 spiro atoms. The SMILES string of the molecule is CC(=O)Oc1cccc(-c2ccccn2)c1. The molecule has 1 aromatic heterocycles. The minimum Gasteiger partial charge on any atom is -0.427 e. The molecule has 0 unspecified atom stereocenters. The predicted molar refractivity (Wildman–Crippen MR) is 61.0 cm³/mol. The van der Waals surface area contributed by atoms with Crippen molar-refractivity contribution in [2.24, 2.45) is 0 Å². The van der Waals surface area contributed by atoms with Gasteiger partial charge >= 0.3 is 5.97 Å². The molecule has 0 N–H and O–H groups in total. The van der Waals surface area contributed by atoms with Crippen LogP contribution in [0.2, 0.25) is 0 Å². The zero-order chi connectivity index (χ0) is 11.4. The van der Waals surface area contributed by atoms with Crippen LogP contribution in [0.3, 0.4) is 0 Å². The molecule has 0 bridgehead atoms. The van der Waals surface area contributed by atoms with Crippen molar-refractivity contribution in [3.63, 3.8) is 0 Å². The van der Waals surface area contributed by atoms with Crippen LogP contribution in [0.25, 0.3) is 11.3 Å². The van der Waals surface area contributed by atoms with E-state index in [9.17, 15) is 4.79 Å². The lowest BCUT2D eigenvalue weighted by atomic mass is 10.1. The first kappa shape index (κ1) is 10.4. The van der Waals surface area contributed by atoms with E-state index in [2.05, 4.69) is 4.98 Å². The molecule has 2 aromatic rings. The minimum atomic E-state index is -0.321. The number of carbonyl (C=O) groups is 1. The van der Waals surface area contributed by atoms with Gasteiger partial charge in [-0.3, -0.25) is 9.78 Å². The lowest BCUT2D eigenvalue weighted by Gasteiger charge is -2.04. The second kappa shape index (κ2) is 4.57. The van der Waals surface area contributed by atoms with Crippen LogP contribution in [0.5, 0.6) is 5.75 Å². The number of nitrogens with zero attached hydrogens (tertiary/aromatic N) is 1. The predicted octanol–water partition coefficient (Wildman–Crippen LogP) is 2.67. The van der Waals surface area contributed by atoms with E-state index in [1.807, 2.05) is 30.3 Å². The fourth-order valence-electron chi connectivity index (χ4n) is 1.42. The molecule has 16 heavy (non-hydrogen) atoms. The summed E-state index contributed by atoms with van der Waals surface area (Å²) in [6, 6.07) is 13.0. The van der Waals surface area contributed by atoms with Crippen LogP contribution in [0.1, 0.15) is 6.92 Å². The van der Waals surface area contributed by atoms with Gasteiger partial charge in [0.2, 0.25) is 0 Å². The molecule has 0 aliphatic heterocycles. The van der Waals surface area contributed by atoms with Crippen LogP contribution in [0.15, 0.2) is 48.7 Å². The molecule has 0 fully saturated rings. The van der Waals surface area contributed by atoms with E-state index in [0.717, 1.165) is 11.3 Å². The molecule has 1 heterocycles. The summed E-state index contributed by atoms with van der Waals surface area (Å²) in [6.07, 6.45) is 1.73. The molecular formula is C13H11NO2. The van der Waals surface area contributed by atoms with Crippen LogP contribution < -0.4 is 4.74 Å². The summed E-state index contributed by atoms with van der Waals surface area (Å²) in [6.45, 7) is 1.38. The Balaban J connectivity index is 2.33. The summed E-state index contributed by atoms with van der Waals surface area (Å²) in [5.41, 5.74) is 1.79. The summed E-state index contributed by atoms with van der Waals surface area (Å²) in [5, 5.41) is 0. The first-order valence-electron chi connectivity index (χ1n) is 4.95. The average molecular weight is 213 g/mol. The Morgan fingerprint density at radius 1 is 1.19 bits per heavy atom. The van der Waals surface area contributed by atoms with Crippen LogP contribution >= 0.6 is 0 Å². The third-order valence-electron chi connectivity index (χ3n) is 2.06. The standard InChI is InChI=1S/C13H11NO2/c1-10(15)16-12-6-4-5-11(9-12)13-7-2-3-8-14-13/h2-9H,1H3. The third-order valence-corrected chi connectivity index (χ3v) is 2.06. The Kier molecular flexibility index (Phi) is 2.96. The van der Waals surface area contributed by atoms with Crippen molar-refractivity contribution in [3.05, 3.63) is 48.7 Å². The van der Waals surface area contributed by atoms with Gasteiger partial charge in [0, 0.05) is 18.7 Å². The molecule has 80 valence electrons.